The lowest BCUT2D eigenvalue weighted by atomic mass is 10.00. The fraction of sp³-hybridized carbons (Fsp3) is 0.636. The number of halogens is 1. The molecule has 0 bridgehead atoms. The van der Waals surface area contributed by atoms with Crippen LogP contribution in [0.1, 0.15) is 32.6 Å². The molecule has 1 aliphatic rings. The van der Waals surface area contributed by atoms with Crippen LogP contribution in [0.2, 0.25) is 5.02 Å². The molecule has 82 valence electrons. The van der Waals surface area contributed by atoms with E-state index in [1.165, 1.54) is 32.0 Å². The predicted molar refractivity (Wildman–Crippen MR) is 62.1 cm³/mol. The van der Waals surface area contributed by atoms with E-state index in [1.807, 2.05) is 0 Å². The molecule has 15 heavy (non-hydrogen) atoms. The van der Waals surface area contributed by atoms with Gasteiger partial charge in [-0.15, -0.1) is 0 Å². The third-order valence-electron chi connectivity index (χ3n) is 3.14. The summed E-state index contributed by atoms with van der Waals surface area (Å²) < 4.78 is 0. The molecule has 1 aromatic rings. The van der Waals surface area contributed by atoms with Crippen LogP contribution >= 0.6 is 11.6 Å². The van der Waals surface area contributed by atoms with Gasteiger partial charge >= 0.3 is 0 Å². The Hall–Kier alpha value is -0.830. The maximum Gasteiger partial charge on any atom is 0.148 e. The normalized spacial score (nSPS) is 19.1. The Kier molecular flexibility index (Phi) is 3.41. The molecule has 0 aromatic carbocycles. The van der Waals surface area contributed by atoms with Crippen molar-refractivity contribution in [3.8, 4) is 0 Å². The molecule has 0 saturated heterocycles. The van der Waals surface area contributed by atoms with E-state index in [4.69, 9.17) is 11.6 Å². The highest BCUT2D eigenvalue weighted by Crippen LogP contribution is 2.29. The molecule has 1 saturated carbocycles. The zero-order valence-electron chi connectivity index (χ0n) is 8.91. The minimum atomic E-state index is 0.444. The van der Waals surface area contributed by atoms with Gasteiger partial charge in [-0.25, -0.2) is 9.97 Å². The monoisotopic (exact) mass is 225 g/mol. The van der Waals surface area contributed by atoms with Gasteiger partial charge < -0.3 is 5.32 Å². The molecule has 1 atom stereocenters. The first-order chi connectivity index (χ1) is 7.27. The van der Waals surface area contributed by atoms with E-state index in [9.17, 15) is 0 Å². The van der Waals surface area contributed by atoms with E-state index in [2.05, 4.69) is 22.2 Å². The van der Waals surface area contributed by atoms with Crippen LogP contribution in [0.15, 0.2) is 12.5 Å². The van der Waals surface area contributed by atoms with Crippen molar-refractivity contribution in [2.24, 2.45) is 5.92 Å². The molecular weight excluding hydrogens is 210 g/mol. The first-order valence-electron chi connectivity index (χ1n) is 5.49. The van der Waals surface area contributed by atoms with Gasteiger partial charge in [-0.2, -0.15) is 0 Å². The van der Waals surface area contributed by atoms with Crippen LogP contribution in [0.5, 0.6) is 0 Å². The number of hydrogen-bond acceptors (Lipinski definition) is 3. The molecule has 1 aliphatic carbocycles. The summed E-state index contributed by atoms with van der Waals surface area (Å²) in [6.07, 6.45) is 8.49. The zero-order valence-corrected chi connectivity index (χ0v) is 9.67. The third kappa shape index (κ3) is 2.59. The minimum Gasteiger partial charge on any atom is -0.366 e. The van der Waals surface area contributed by atoms with E-state index in [-0.39, 0.29) is 0 Å². The summed E-state index contributed by atoms with van der Waals surface area (Å²) in [6.45, 7) is 2.20. The Labute approximate surface area is 95.3 Å². The Morgan fingerprint density at radius 3 is 2.87 bits per heavy atom. The highest BCUT2D eigenvalue weighted by Gasteiger charge is 2.21. The van der Waals surface area contributed by atoms with Crippen LogP contribution in [0.3, 0.4) is 0 Å². The van der Waals surface area contributed by atoms with Gasteiger partial charge in [0.15, 0.2) is 0 Å². The van der Waals surface area contributed by atoms with Crippen molar-refractivity contribution in [3.63, 3.8) is 0 Å². The number of nitrogens with zero attached hydrogens (tertiary/aromatic N) is 2. The van der Waals surface area contributed by atoms with Gasteiger partial charge in [0.2, 0.25) is 0 Å². The molecule has 2 rings (SSSR count). The molecule has 1 unspecified atom stereocenters. The van der Waals surface area contributed by atoms with Gasteiger partial charge in [-0.05, 0) is 25.7 Å². The standard InChI is InChI=1S/C11H16ClN3/c1-8(9-4-2-3-5-9)15-11-10(12)6-13-7-14-11/h6-9H,2-5H2,1H3,(H,13,14,15). The van der Waals surface area contributed by atoms with Crippen molar-refractivity contribution in [1.29, 1.82) is 0 Å². The van der Waals surface area contributed by atoms with Crippen molar-refractivity contribution in [2.75, 3.05) is 5.32 Å². The molecule has 0 spiro atoms. The Balaban J connectivity index is 1.99. The molecule has 1 fully saturated rings. The van der Waals surface area contributed by atoms with E-state index < -0.39 is 0 Å². The van der Waals surface area contributed by atoms with Crippen LogP contribution in [0.4, 0.5) is 5.82 Å². The number of hydrogen-bond donors (Lipinski definition) is 1. The fourth-order valence-electron chi connectivity index (χ4n) is 2.21. The summed E-state index contributed by atoms with van der Waals surface area (Å²) in [5.41, 5.74) is 0. The molecule has 3 nitrogen and oxygen atoms in total. The highest BCUT2D eigenvalue weighted by atomic mass is 35.5. The summed E-state index contributed by atoms with van der Waals surface area (Å²) in [6, 6.07) is 0.444. The fourth-order valence-corrected chi connectivity index (χ4v) is 2.37. The summed E-state index contributed by atoms with van der Waals surface area (Å²) in [7, 11) is 0. The number of nitrogens with one attached hydrogen (secondary N) is 1. The summed E-state index contributed by atoms with van der Waals surface area (Å²) in [4.78, 5) is 8.00. The van der Waals surface area contributed by atoms with E-state index in [0.717, 1.165) is 11.7 Å². The molecule has 0 aliphatic heterocycles. The van der Waals surface area contributed by atoms with Crippen molar-refractivity contribution in [3.05, 3.63) is 17.5 Å². The molecule has 0 amide bonds. The smallest absolute Gasteiger partial charge is 0.148 e. The lowest BCUT2D eigenvalue weighted by Crippen LogP contribution is -2.24. The topological polar surface area (TPSA) is 37.8 Å². The van der Waals surface area contributed by atoms with Crippen LogP contribution in [0.25, 0.3) is 0 Å². The second-order valence-electron chi connectivity index (χ2n) is 4.20. The van der Waals surface area contributed by atoms with E-state index in [0.29, 0.717) is 11.1 Å². The van der Waals surface area contributed by atoms with Gasteiger partial charge in [0.05, 0.1) is 6.20 Å². The van der Waals surface area contributed by atoms with E-state index >= 15 is 0 Å². The van der Waals surface area contributed by atoms with Crippen LogP contribution in [0, 0.1) is 5.92 Å². The number of rotatable bonds is 3. The zero-order chi connectivity index (χ0) is 10.7. The average Bonchev–Trinajstić information content (AvgIpc) is 2.74. The lowest BCUT2D eigenvalue weighted by Gasteiger charge is -2.21. The van der Waals surface area contributed by atoms with Gasteiger partial charge in [-0.1, -0.05) is 24.4 Å². The van der Waals surface area contributed by atoms with Crippen molar-refractivity contribution in [1.82, 2.24) is 9.97 Å². The molecular formula is C11H16ClN3. The average molecular weight is 226 g/mol. The summed E-state index contributed by atoms with van der Waals surface area (Å²) >= 11 is 5.99. The van der Waals surface area contributed by atoms with Crippen LogP contribution < -0.4 is 5.32 Å². The summed E-state index contributed by atoms with van der Waals surface area (Å²) in [5, 5.41) is 3.97. The quantitative estimate of drug-likeness (QED) is 0.859. The maximum absolute atomic E-state index is 5.99. The predicted octanol–water partition coefficient (Wildman–Crippen LogP) is 3.12. The largest absolute Gasteiger partial charge is 0.366 e. The Bertz CT molecular complexity index is 323. The van der Waals surface area contributed by atoms with Crippen molar-refractivity contribution < 1.29 is 0 Å². The Morgan fingerprint density at radius 2 is 2.20 bits per heavy atom. The second kappa shape index (κ2) is 4.79. The van der Waals surface area contributed by atoms with E-state index in [1.54, 1.807) is 6.20 Å². The highest BCUT2D eigenvalue weighted by molar-refractivity contribution is 6.32. The third-order valence-corrected chi connectivity index (χ3v) is 3.42. The van der Waals surface area contributed by atoms with Crippen molar-refractivity contribution in [2.45, 2.75) is 38.6 Å². The molecule has 1 aromatic heterocycles. The van der Waals surface area contributed by atoms with Crippen LogP contribution in [-0.4, -0.2) is 16.0 Å². The van der Waals surface area contributed by atoms with Gasteiger partial charge in [0.1, 0.15) is 17.2 Å². The number of aromatic nitrogens is 2. The second-order valence-corrected chi connectivity index (χ2v) is 4.60. The molecule has 1 N–H and O–H groups in total. The lowest BCUT2D eigenvalue weighted by molar-refractivity contribution is 0.481. The number of anilines is 1. The van der Waals surface area contributed by atoms with Crippen LogP contribution in [-0.2, 0) is 0 Å². The van der Waals surface area contributed by atoms with Gasteiger partial charge in [-0.3, -0.25) is 0 Å². The first-order valence-corrected chi connectivity index (χ1v) is 5.87. The molecule has 1 heterocycles. The summed E-state index contributed by atoms with van der Waals surface area (Å²) in [5.74, 6) is 1.52. The minimum absolute atomic E-state index is 0.444. The van der Waals surface area contributed by atoms with Crippen molar-refractivity contribution >= 4 is 17.4 Å². The van der Waals surface area contributed by atoms with Gasteiger partial charge in [0.25, 0.3) is 0 Å². The molecule has 4 heteroatoms. The molecule has 0 radical (unpaired) electrons. The maximum atomic E-state index is 5.99. The SMILES string of the molecule is CC(Nc1ncncc1Cl)C1CCCC1. The van der Waals surface area contributed by atoms with Gasteiger partial charge in [0, 0.05) is 6.04 Å². The first kappa shape index (κ1) is 10.7. The Morgan fingerprint density at radius 1 is 1.47 bits per heavy atom.